The van der Waals surface area contributed by atoms with E-state index < -0.39 is 11.6 Å². The van der Waals surface area contributed by atoms with Gasteiger partial charge in [-0.3, -0.25) is 0 Å². The van der Waals surface area contributed by atoms with E-state index in [0.29, 0.717) is 5.56 Å². The van der Waals surface area contributed by atoms with Gasteiger partial charge in [-0.15, -0.1) is 0 Å². The van der Waals surface area contributed by atoms with Gasteiger partial charge in [0.25, 0.3) is 0 Å². The van der Waals surface area contributed by atoms with Crippen LogP contribution in [0.3, 0.4) is 0 Å². The highest BCUT2D eigenvalue weighted by atomic mass is 32.2. The van der Waals surface area contributed by atoms with Crippen LogP contribution in [0.25, 0.3) is 0 Å². The maximum atomic E-state index is 14.2. The largest absolute Gasteiger partial charge is 0.312 e. The van der Waals surface area contributed by atoms with Gasteiger partial charge in [0, 0.05) is 16.9 Å². The van der Waals surface area contributed by atoms with Crippen molar-refractivity contribution in [1.29, 1.82) is 0 Å². The Kier molecular flexibility index (Phi) is 4.62. The highest BCUT2D eigenvalue weighted by Gasteiger charge is 2.29. The van der Waals surface area contributed by atoms with E-state index in [-0.39, 0.29) is 16.9 Å². The Morgan fingerprint density at radius 2 is 2.11 bits per heavy atom. The van der Waals surface area contributed by atoms with Crippen LogP contribution in [0.1, 0.15) is 36.4 Å². The third kappa shape index (κ3) is 2.69. The van der Waals surface area contributed by atoms with Crippen molar-refractivity contribution in [1.82, 2.24) is 5.32 Å². The summed E-state index contributed by atoms with van der Waals surface area (Å²) in [6, 6.07) is 2.62. The van der Waals surface area contributed by atoms with Gasteiger partial charge >= 0.3 is 0 Å². The average Bonchev–Trinajstić information content (AvgIpc) is 2.40. The number of halogens is 2. The van der Waals surface area contributed by atoms with Crippen molar-refractivity contribution in [2.24, 2.45) is 0 Å². The zero-order valence-corrected chi connectivity index (χ0v) is 11.6. The lowest BCUT2D eigenvalue weighted by molar-refractivity contribution is 0.457. The lowest BCUT2D eigenvalue weighted by Gasteiger charge is -2.30. The van der Waals surface area contributed by atoms with Crippen LogP contribution in [0.2, 0.25) is 0 Å². The molecule has 1 aliphatic heterocycles. The second kappa shape index (κ2) is 6.02. The summed E-state index contributed by atoms with van der Waals surface area (Å²) >= 11 is 1.82. The molecule has 0 spiro atoms. The van der Waals surface area contributed by atoms with Gasteiger partial charge in [-0.25, -0.2) is 8.78 Å². The van der Waals surface area contributed by atoms with E-state index in [9.17, 15) is 8.78 Å². The molecule has 0 aromatic heterocycles. The topological polar surface area (TPSA) is 12.0 Å². The first-order valence-electron chi connectivity index (χ1n) is 6.38. The molecule has 100 valence electrons. The van der Waals surface area contributed by atoms with Crippen molar-refractivity contribution in [2.75, 3.05) is 12.8 Å². The van der Waals surface area contributed by atoms with E-state index in [1.165, 1.54) is 18.6 Å². The molecule has 0 radical (unpaired) electrons. The van der Waals surface area contributed by atoms with Crippen LogP contribution in [0, 0.1) is 18.6 Å². The maximum Gasteiger partial charge on any atom is 0.133 e. The van der Waals surface area contributed by atoms with Crippen LogP contribution >= 0.6 is 11.8 Å². The van der Waals surface area contributed by atoms with Crippen LogP contribution in [-0.4, -0.2) is 18.1 Å². The van der Waals surface area contributed by atoms with Gasteiger partial charge < -0.3 is 5.32 Å². The van der Waals surface area contributed by atoms with Crippen molar-refractivity contribution in [3.05, 3.63) is 34.9 Å². The van der Waals surface area contributed by atoms with Gasteiger partial charge in [0.15, 0.2) is 0 Å². The zero-order chi connectivity index (χ0) is 13.1. The molecule has 1 aromatic carbocycles. The summed E-state index contributed by atoms with van der Waals surface area (Å²) in [5.41, 5.74) is 0.712. The van der Waals surface area contributed by atoms with E-state index in [1.54, 1.807) is 14.0 Å². The predicted octanol–water partition coefficient (Wildman–Crippen LogP) is 3.82. The number of rotatable bonds is 3. The molecular weight excluding hydrogens is 252 g/mol. The Bertz CT molecular complexity index is 417. The molecule has 0 aliphatic carbocycles. The molecule has 2 atom stereocenters. The Morgan fingerprint density at radius 1 is 1.33 bits per heavy atom. The molecule has 1 saturated heterocycles. The fourth-order valence-electron chi connectivity index (χ4n) is 2.51. The van der Waals surface area contributed by atoms with Crippen LogP contribution in [0.5, 0.6) is 0 Å². The van der Waals surface area contributed by atoms with Gasteiger partial charge in [-0.1, -0.05) is 12.5 Å². The first-order valence-corrected chi connectivity index (χ1v) is 7.43. The Balaban J connectivity index is 2.34. The number of benzene rings is 1. The third-order valence-electron chi connectivity index (χ3n) is 3.53. The van der Waals surface area contributed by atoms with Gasteiger partial charge in [-0.2, -0.15) is 11.8 Å². The Morgan fingerprint density at radius 3 is 2.72 bits per heavy atom. The number of thioether (sulfide) groups is 1. The van der Waals surface area contributed by atoms with Gasteiger partial charge in [0.2, 0.25) is 0 Å². The summed E-state index contributed by atoms with van der Waals surface area (Å²) in [6.45, 7) is 1.68. The van der Waals surface area contributed by atoms with E-state index in [1.807, 2.05) is 11.8 Å². The average molecular weight is 271 g/mol. The van der Waals surface area contributed by atoms with E-state index >= 15 is 0 Å². The first kappa shape index (κ1) is 13.8. The highest BCUT2D eigenvalue weighted by molar-refractivity contribution is 8.00. The minimum atomic E-state index is -0.441. The third-order valence-corrected chi connectivity index (χ3v) is 4.99. The number of aryl methyl sites for hydroxylation is 1. The minimum absolute atomic E-state index is 0.205. The molecule has 1 aromatic rings. The Hall–Kier alpha value is -0.610. The molecular formula is C14H19F2NS. The summed E-state index contributed by atoms with van der Waals surface area (Å²) in [6.07, 6.45) is 3.37. The highest BCUT2D eigenvalue weighted by Crippen LogP contribution is 2.36. The molecule has 1 aliphatic rings. The smallest absolute Gasteiger partial charge is 0.133 e. The van der Waals surface area contributed by atoms with Crippen molar-refractivity contribution in [3.8, 4) is 0 Å². The number of hydrogen-bond acceptors (Lipinski definition) is 2. The molecule has 4 heteroatoms. The van der Waals surface area contributed by atoms with Gasteiger partial charge in [-0.05, 0) is 44.2 Å². The van der Waals surface area contributed by atoms with Gasteiger partial charge in [0.05, 0.1) is 0 Å². The Labute approximate surface area is 111 Å². The molecule has 0 amide bonds. The van der Waals surface area contributed by atoms with Crippen molar-refractivity contribution < 1.29 is 8.78 Å². The second-order valence-corrected chi connectivity index (χ2v) is 6.11. The molecule has 2 rings (SSSR count). The van der Waals surface area contributed by atoms with E-state index in [0.717, 1.165) is 18.6 Å². The molecule has 1 N–H and O–H groups in total. The second-order valence-electron chi connectivity index (χ2n) is 4.76. The lowest BCUT2D eigenvalue weighted by atomic mass is 9.97. The molecule has 0 saturated carbocycles. The van der Waals surface area contributed by atoms with Crippen LogP contribution < -0.4 is 5.32 Å². The predicted molar refractivity (Wildman–Crippen MR) is 73.0 cm³/mol. The van der Waals surface area contributed by atoms with Crippen molar-refractivity contribution >= 4 is 11.8 Å². The summed E-state index contributed by atoms with van der Waals surface area (Å²) in [5, 5.41) is 3.35. The summed E-state index contributed by atoms with van der Waals surface area (Å²) in [5.74, 6) is 0.238. The van der Waals surface area contributed by atoms with E-state index in [4.69, 9.17) is 0 Å². The quantitative estimate of drug-likeness (QED) is 0.897. The van der Waals surface area contributed by atoms with Crippen molar-refractivity contribution in [3.63, 3.8) is 0 Å². The SMILES string of the molecule is CNC(c1c(F)ccc(C)c1F)C1CCCCS1. The number of hydrogen-bond donors (Lipinski definition) is 1. The van der Waals surface area contributed by atoms with E-state index in [2.05, 4.69) is 5.32 Å². The first-order chi connectivity index (χ1) is 8.65. The number of nitrogens with one attached hydrogen (secondary N) is 1. The summed E-state index contributed by atoms with van der Waals surface area (Å²) in [4.78, 5) is 0. The van der Waals surface area contributed by atoms with Crippen LogP contribution in [0.15, 0.2) is 12.1 Å². The fourth-order valence-corrected chi connectivity index (χ4v) is 3.98. The van der Waals surface area contributed by atoms with Crippen LogP contribution in [-0.2, 0) is 0 Å². The standard InChI is InChI=1S/C14H19F2NS/c1-9-6-7-10(15)12(13(9)16)14(17-2)11-5-3-4-8-18-11/h6-7,11,14,17H,3-5,8H2,1-2H3. The van der Waals surface area contributed by atoms with Crippen molar-refractivity contribution in [2.45, 2.75) is 37.5 Å². The fraction of sp³-hybridized carbons (Fsp3) is 0.571. The lowest BCUT2D eigenvalue weighted by Crippen LogP contribution is -2.31. The zero-order valence-electron chi connectivity index (χ0n) is 10.8. The maximum absolute atomic E-state index is 14.2. The molecule has 1 nitrogen and oxygen atoms in total. The van der Waals surface area contributed by atoms with Crippen LogP contribution in [0.4, 0.5) is 8.78 Å². The minimum Gasteiger partial charge on any atom is -0.312 e. The molecule has 1 heterocycles. The summed E-state index contributed by atoms with van der Waals surface area (Å²) in [7, 11) is 1.78. The summed E-state index contributed by atoms with van der Waals surface area (Å²) < 4.78 is 28.1. The molecule has 1 fully saturated rings. The molecule has 0 bridgehead atoms. The monoisotopic (exact) mass is 271 g/mol. The molecule has 2 unspecified atom stereocenters. The molecule has 18 heavy (non-hydrogen) atoms. The normalized spacial score (nSPS) is 21.9. The van der Waals surface area contributed by atoms with Gasteiger partial charge in [0.1, 0.15) is 11.6 Å².